The summed E-state index contributed by atoms with van der Waals surface area (Å²) in [5.74, 6) is 1.11. The molecular weight excluding hydrogens is 1060 g/mol. The number of halogens is 8. The third-order valence-electron chi connectivity index (χ3n) is 14.4. The zero-order valence-corrected chi connectivity index (χ0v) is 44.4. The number of amides is 4. The second kappa shape index (κ2) is 25.4. The number of carbonyl (C=O) groups excluding carboxylic acids is 4. The summed E-state index contributed by atoms with van der Waals surface area (Å²) < 4.78 is 133. The number of nitrogens with zero attached hydrogens (tertiary/aromatic N) is 4. The largest absolute Gasteiger partial charge is 0.453 e. The molecule has 26 heteroatoms. The van der Waals surface area contributed by atoms with E-state index < -0.39 is 108 Å². The summed E-state index contributed by atoms with van der Waals surface area (Å²) in [6, 6.07) is 6.07. The van der Waals surface area contributed by atoms with E-state index in [0.29, 0.717) is 67.5 Å². The molecule has 6 atom stereocenters. The molecule has 79 heavy (non-hydrogen) atoms. The van der Waals surface area contributed by atoms with Crippen LogP contribution in [0.3, 0.4) is 0 Å². The number of hydrazine groups is 1. The van der Waals surface area contributed by atoms with Gasteiger partial charge < -0.3 is 50.9 Å². The Morgan fingerprint density at radius 3 is 1.84 bits per heavy atom. The standard InChI is InChI=1S/C53H64F8N10O8/c1-50(2,52(56,57)58)44(66-48(75)77-6)46(73)65-41(20-31-11-8-30(9-12-31)10-13-32-14-17-43(64-23-32)69-24-34-15-16-35(25-69)71(34)36-28-79-29-36)42(72)27-70(26-37-38(54)21-33(22-39(37)55)40(62)18-19-63-5)68-47(74)45(67-49(76)78-7)51(3,4)53(59,60)61/h8-9,11-12,14,17-19,21-23,34-36,41-42,44-45,62-63,72H,15-16,20,24-29H2,1-7H3,(H,65,73)(H,66,75)(H,67,76)(H,68,74)/b19-18-,62-40?/t34?,35?,41-,42-,44+,45+/m0/s1. The fourth-order valence-corrected chi connectivity index (χ4v) is 9.35. The van der Waals surface area contributed by atoms with E-state index in [0.717, 1.165) is 71.3 Å². The summed E-state index contributed by atoms with van der Waals surface area (Å²) in [4.78, 5) is 62.4. The maximum absolute atomic E-state index is 15.9. The van der Waals surface area contributed by atoms with Crippen LogP contribution in [0, 0.1) is 39.7 Å². The highest BCUT2D eigenvalue weighted by atomic mass is 19.4. The minimum atomic E-state index is -5.19. The molecule has 2 unspecified atom stereocenters. The number of allylic oxidation sites excluding steroid dienone is 1. The number of ether oxygens (including phenoxy) is 3. The number of methoxy groups -OCH3 is 2. The van der Waals surface area contributed by atoms with Gasteiger partial charge in [0.05, 0.1) is 62.2 Å². The van der Waals surface area contributed by atoms with E-state index in [-0.39, 0.29) is 11.3 Å². The highest BCUT2D eigenvalue weighted by Crippen LogP contribution is 2.42. The van der Waals surface area contributed by atoms with Crippen molar-refractivity contribution in [3.63, 3.8) is 0 Å². The van der Waals surface area contributed by atoms with Gasteiger partial charge in [-0.25, -0.2) is 28.4 Å². The molecular formula is C53H64F8N10O8. The van der Waals surface area contributed by atoms with Crippen molar-refractivity contribution in [2.24, 2.45) is 10.8 Å². The lowest BCUT2D eigenvalue weighted by molar-refractivity contribution is -0.221. The lowest BCUT2D eigenvalue weighted by Crippen LogP contribution is -2.63. The van der Waals surface area contributed by atoms with Crippen LogP contribution in [0.5, 0.6) is 0 Å². The third kappa shape index (κ3) is 14.8. The first kappa shape index (κ1) is 61.1. The Kier molecular flexibility index (Phi) is 19.6. The summed E-state index contributed by atoms with van der Waals surface area (Å²) in [5.41, 5.74) is -4.09. The first-order chi connectivity index (χ1) is 37.1. The summed E-state index contributed by atoms with van der Waals surface area (Å²) in [6.07, 6.45) is -9.43. The Bertz CT molecular complexity index is 2730. The highest BCUT2D eigenvalue weighted by Gasteiger charge is 2.57. The van der Waals surface area contributed by atoms with Crippen LogP contribution in [-0.4, -0.2) is 159 Å². The number of aliphatic hydroxyl groups is 1. The molecule has 0 radical (unpaired) electrons. The van der Waals surface area contributed by atoms with Crippen LogP contribution < -0.4 is 31.6 Å². The number of pyridine rings is 1. The van der Waals surface area contributed by atoms with Gasteiger partial charge in [0.1, 0.15) is 29.5 Å². The lowest BCUT2D eigenvalue weighted by atomic mass is 9.82. The number of alkyl carbamates (subject to hydrolysis) is 2. The SMILES string of the molecule is CN/C=C\C(=N)c1cc(F)c(CN(C[C@H](O)[C@H](Cc2ccc(C#Cc3ccc(N4CC5CCC(C4)N5C4COC4)nc3)cc2)NC(=O)[C@@H](NC(=O)OC)C(C)(C)C(F)(F)F)NC(=O)[C@@H](NC(=O)OC)C(C)(C)C(F)(F)F)c(F)c1. The third-order valence-corrected chi connectivity index (χ3v) is 14.4. The maximum atomic E-state index is 15.9. The molecule has 18 nitrogen and oxygen atoms in total. The number of nitrogens with one attached hydrogen (secondary N) is 6. The topological polar surface area (TPSA) is 223 Å². The van der Waals surface area contributed by atoms with Crippen LogP contribution in [0.15, 0.2) is 67.0 Å². The fourth-order valence-electron chi connectivity index (χ4n) is 9.35. The Morgan fingerprint density at radius 2 is 1.35 bits per heavy atom. The number of hydrogen-bond donors (Lipinski definition) is 7. The molecule has 2 aromatic carbocycles. The Labute approximate surface area is 451 Å². The number of aromatic nitrogens is 1. The second-order valence-corrected chi connectivity index (χ2v) is 20.6. The molecule has 2 bridgehead atoms. The zero-order valence-electron chi connectivity index (χ0n) is 44.4. The molecule has 4 heterocycles. The van der Waals surface area contributed by atoms with E-state index in [1.54, 1.807) is 23.6 Å². The molecule has 4 amide bonds. The normalized spacial score (nSPS) is 18.6. The van der Waals surface area contributed by atoms with Crippen molar-refractivity contribution in [1.82, 2.24) is 41.6 Å². The van der Waals surface area contributed by atoms with E-state index >= 15 is 8.78 Å². The molecule has 7 N–H and O–H groups in total. The average molecular weight is 1120 g/mol. The van der Waals surface area contributed by atoms with Crippen molar-refractivity contribution in [3.8, 4) is 11.8 Å². The van der Waals surface area contributed by atoms with E-state index in [1.165, 1.54) is 31.5 Å². The van der Waals surface area contributed by atoms with Crippen LogP contribution >= 0.6 is 0 Å². The van der Waals surface area contributed by atoms with Gasteiger partial charge in [-0.15, -0.1) is 0 Å². The van der Waals surface area contributed by atoms with Crippen LogP contribution in [0.4, 0.5) is 50.5 Å². The zero-order chi connectivity index (χ0) is 58.2. The summed E-state index contributed by atoms with van der Waals surface area (Å²) in [7, 11) is 3.15. The molecule has 3 fully saturated rings. The van der Waals surface area contributed by atoms with Gasteiger partial charge >= 0.3 is 24.5 Å². The van der Waals surface area contributed by atoms with Crippen molar-refractivity contribution in [2.75, 3.05) is 59.0 Å². The molecule has 3 saturated heterocycles. The van der Waals surface area contributed by atoms with Crippen molar-refractivity contribution < 1.29 is 73.6 Å². The van der Waals surface area contributed by atoms with Gasteiger partial charge in [0.2, 0.25) is 5.91 Å². The molecule has 0 saturated carbocycles. The average Bonchev–Trinajstić information content (AvgIpc) is 3.70. The smallest absolute Gasteiger partial charge is 0.407 e. The lowest BCUT2D eigenvalue weighted by Gasteiger charge is -2.47. The number of alkyl halides is 6. The van der Waals surface area contributed by atoms with Gasteiger partial charge in [0.15, 0.2) is 0 Å². The molecule has 0 spiro atoms. The Morgan fingerprint density at radius 1 is 0.823 bits per heavy atom. The number of rotatable bonds is 20. The summed E-state index contributed by atoms with van der Waals surface area (Å²) >= 11 is 0. The predicted molar refractivity (Wildman–Crippen MR) is 272 cm³/mol. The predicted octanol–water partition coefficient (Wildman–Crippen LogP) is 5.46. The number of anilines is 1. The van der Waals surface area contributed by atoms with E-state index in [2.05, 4.69) is 52.2 Å². The Balaban J connectivity index is 1.31. The number of piperazine rings is 1. The molecule has 3 aromatic rings. The summed E-state index contributed by atoms with van der Waals surface area (Å²) in [5, 5.41) is 29.4. The number of aliphatic hydroxyl groups excluding tert-OH is 1. The van der Waals surface area contributed by atoms with Crippen molar-refractivity contribution in [3.05, 3.63) is 106 Å². The van der Waals surface area contributed by atoms with Crippen LogP contribution in [0.1, 0.15) is 68.4 Å². The number of hydrogen-bond acceptors (Lipinski definition) is 14. The molecule has 6 rings (SSSR count). The van der Waals surface area contributed by atoms with Crippen LogP contribution in [0.25, 0.3) is 0 Å². The molecule has 430 valence electrons. The number of fused-ring (bicyclic) bond motifs is 2. The van der Waals surface area contributed by atoms with Gasteiger partial charge in [-0.3, -0.25) is 19.9 Å². The van der Waals surface area contributed by atoms with E-state index in [1.807, 2.05) is 17.4 Å². The van der Waals surface area contributed by atoms with E-state index in [9.17, 15) is 50.6 Å². The molecule has 0 aliphatic carbocycles. The van der Waals surface area contributed by atoms with Gasteiger partial charge in [0.25, 0.3) is 5.91 Å². The fraction of sp³-hybridized carbons (Fsp3) is 0.509. The monoisotopic (exact) mass is 1120 g/mol. The minimum absolute atomic E-state index is 0.260. The van der Waals surface area contributed by atoms with E-state index in [4.69, 9.17) is 10.1 Å². The Hall–Kier alpha value is -7.08. The van der Waals surface area contributed by atoms with Gasteiger partial charge in [-0.2, -0.15) is 26.3 Å². The number of carbonyl (C=O) groups is 4. The van der Waals surface area contributed by atoms with Gasteiger partial charge in [-0.1, -0.05) is 24.0 Å². The van der Waals surface area contributed by atoms with Crippen molar-refractivity contribution in [2.45, 2.75) is 108 Å². The number of benzene rings is 2. The van der Waals surface area contributed by atoms with Crippen molar-refractivity contribution in [1.29, 1.82) is 5.41 Å². The van der Waals surface area contributed by atoms with Gasteiger partial charge in [0, 0.05) is 73.8 Å². The quantitative estimate of drug-likeness (QED) is 0.0324. The second-order valence-electron chi connectivity index (χ2n) is 20.6. The first-order valence-corrected chi connectivity index (χ1v) is 25.0. The van der Waals surface area contributed by atoms with Crippen LogP contribution in [0.2, 0.25) is 0 Å². The first-order valence-electron chi connectivity index (χ1n) is 25.0. The van der Waals surface area contributed by atoms with Crippen LogP contribution in [-0.2, 0) is 36.8 Å². The maximum Gasteiger partial charge on any atom is 0.407 e. The molecule has 3 aliphatic rings. The van der Waals surface area contributed by atoms with Crippen molar-refractivity contribution >= 4 is 35.5 Å². The highest BCUT2D eigenvalue weighted by molar-refractivity contribution is 6.06. The molecule has 1 aromatic heterocycles. The minimum Gasteiger partial charge on any atom is -0.453 e. The van der Waals surface area contributed by atoms with Gasteiger partial charge in [-0.05, 0) is 101 Å². The summed E-state index contributed by atoms with van der Waals surface area (Å²) in [6.45, 7) is 3.45. The molecule has 3 aliphatic heterocycles.